The third-order valence-corrected chi connectivity index (χ3v) is 1.75. The number of nitrogens with zero attached hydrogens (tertiary/aromatic N) is 1. The molecule has 0 aliphatic carbocycles. The highest BCUT2D eigenvalue weighted by Gasteiger charge is 2.07. The van der Waals surface area contributed by atoms with Crippen LogP contribution >= 0.6 is 0 Å². The Morgan fingerprint density at radius 2 is 2.38 bits per heavy atom. The SMILES string of the molecule is CCCC(C)Oc1cccnc1F. The molecule has 0 radical (unpaired) electrons. The highest BCUT2D eigenvalue weighted by atomic mass is 19.1. The molecule has 1 aromatic rings. The zero-order valence-electron chi connectivity index (χ0n) is 7.96. The van der Waals surface area contributed by atoms with Gasteiger partial charge in [0.1, 0.15) is 0 Å². The second-order valence-corrected chi connectivity index (χ2v) is 3.01. The Morgan fingerprint density at radius 3 is 3.00 bits per heavy atom. The first-order valence-corrected chi connectivity index (χ1v) is 4.51. The molecule has 72 valence electrons. The van der Waals surface area contributed by atoms with Crippen molar-refractivity contribution in [1.82, 2.24) is 4.98 Å². The fourth-order valence-corrected chi connectivity index (χ4v) is 1.14. The van der Waals surface area contributed by atoms with E-state index in [2.05, 4.69) is 11.9 Å². The zero-order chi connectivity index (χ0) is 9.68. The van der Waals surface area contributed by atoms with E-state index < -0.39 is 5.95 Å². The topological polar surface area (TPSA) is 22.1 Å². The highest BCUT2D eigenvalue weighted by molar-refractivity contribution is 5.17. The van der Waals surface area contributed by atoms with Crippen LogP contribution in [0.4, 0.5) is 4.39 Å². The first-order chi connectivity index (χ1) is 6.24. The Morgan fingerprint density at radius 1 is 1.62 bits per heavy atom. The molecule has 13 heavy (non-hydrogen) atoms. The van der Waals surface area contributed by atoms with Crippen molar-refractivity contribution in [3.63, 3.8) is 0 Å². The van der Waals surface area contributed by atoms with E-state index >= 15 is 0 Å². The summed E-state index contributed by atoms with van der Waals surface area (Å²) in [5.41, 5.74) is 0. The van der Waals surface area contributed by atoms with Gasteiger partial charge in [0.2, 0.25) is 0 Å². The largest absolute Gasteiger partial charge is 0.486 e. The Kier molecular flexibility index (Phi) is 3.68. The van der Waals surface area contributed by atoms with Gasteiger partial charge in [-0.1, -0.05) is 13.3 Å². The Bertz CT molecular complexity index is 265. The summed E-state index contributed by atoms with van der Waals surface area (Å²) in [7, 11) is 0. The summed E-state index contributed by atoms with van der Waals surface area (Å²) in [5, 5.41) is 0. The fraction of sp³-hybridized carbons (Fsp3) is 0.500. The lowest BCUT2D eigenvalue weighted by Gasteiger charge is -2.13. The summed E-state index contributed by atoms with van der Waals surface area (Å²) in [6, 6.07) is 3.26. The minimum atomic E-state index is -0.537. The summed E-state index contributed by atoms with van der Waals surface area (Å²) in [6.07, 6.45) is 3.41. The van der Waals surface area contributed by atoms with Crippen LogP contribution in [0.5, 0.6) is 5.75 Å². The van der Waals surface area contributed by atoms with Crippen molar-refractivity contribution in [3.8, 4) is 5.75 Å². The molecule has 1 aromatic heterocycles. The number of rotatable bonds is 4. The number of pyridine rings is 1. The van der Waals surface area contributed by atoms with Crippen molar-refractivity contribution in [1.29, 1.82) is 0 Å². The van der Waals surface area contributed by atoms with Gasteiger partial charge < -0.3 is 4.74 Å². The number of aromatic nitrogens is 1. The molecule has 1 heterocycles. The van der Waals surface area contributed by atoms with Crippen molar-refractivity contribution in [2.75, 3.05) is 0 Å². The maximum Gasteiger partial charge on any atom is 0.255 e. The predicted molar refractivity (Wildman–Crippen MR) is 49.2 cm³/mol. The van der Waals surface area contributed by atoms with Crippen LogP contribution in [0.25, 0.3) is 0 Å². The molecule has 3 heteroatoms. The molecule has 1 unspecified atom stereocenters. The van der Waals surface area contributed by atoms with E-state index in [9.17, 15) is 4.39 Å². The molecule has 0 aliphatic heterocycles. The van der Waals surface area contributed by atoms with Crippen LogP contribution in [0, 0.1) is 5.95 Å². The van der Waals surface area contributed by atoms with Gasteiger partial charge in [0.05, 0.1) is 6.10 Å². The molecule has 1 rings (SSSR count). The molecule has 0 bridgehead atoms. The minimum Gasteiger partial charge on any atom is -0.486 e. The van der Waals surface area contributed by atoms with E-state index in [0.29, 0.717) is 0 Å². The molecule has 0 amide bonds. The molecule has 0 spiro atoms. The Balaban J connectivity index is 2.58. The minimum absolute atomic E-state index is 0.0451. The smallest absolute Gasteiger partial charge is 0.255 e. The Labute approximate surface area is 77.8 Å². The van der Waals surface area contributed by atoms with Gasteiger partial charge in [0.25, 0.3) is 5.95 Å². The molecule has 2 nitrogen and oxygen atoms in total. The van der Waals surface area contributed by atoms with Gasteiger partial charge in [-0.05, 0) is 25.5 Å². The van der Waals surface area contributed by atoms with E-state index in [4.69, 9.17) is 4.74 Å². The third-order valence-electron chi connectivity index (χ3n) is 1.75. The zero-order valence-corrected chi connectivity index (χ0v) is 7.96. The van der Waals surface area contributed by atoms with Crippen LogP contribution in [0.2, 0.25) is 0 Å². The normalized spacial score (nSPS) is 12.5. The van der Waals surface area contributed by atoms with Crippen LogP contribution in [0.15, 0.2) is 18.3 Å². The maximum absolute atomic E-state index is 13.0. The maximum atomic E-state index is 13.0. The Hall–Kier alpha value is -1.12. The van der Waals surface area contributed by atoms with Gasteiger partial charge in [-0.25, -0.2) is 4.98 Å². The average molecular weight is 183 g/mol. The third kappa shape index (κ3) is 3.01. The highest BCUT2D eigenvalue weighted by Crippen LogP contribution is 2.16. The predicted octanol–water partition coefficient (Wildman–Crippen LogP) is 2.79. The summed E-state index contributed by atoms with van der Waals surface area (Å²) in [5.74, 6) is -0.297. The lowest BCUT2D eigenvalue weighted by molar-refractivity contribution is 0.198. The first-order valence-electron chi connectivity index (χ1n) is 4.51. The van der Waals surface area contributed by atoms with E-state index in [1.54, 1.807) is 12.1 Å². The second-order valence-electron chi connectivity index (χ2n) is 3.01. The summed E-state index contributed by atoms with van der Waals surface area (Å²) in [6.45, 7) is 4.00. The first kappa shape index (κ1) is 9.96. The monoisotopic (exact) mass is 183 g/mol. The van der Waals surface area contributed by atoms with Crippen LogP contribution in [0.3, 0.4) is 0 Å². The van der Waals surface area contributed by atoms with Gasteiger partial charge in [-0.2, -0.15) is 4.39 Å². The van der Waals surface area contributed by atoms with Crippen molar-refractivity contribution >= 4 is 0 Å². The lowest BCUT2D eigenvalue weighted by Crippen LogP contribution is -2.12. The van der Waals surface area contributed by atoms with Gasteiger partial charge >= 0.3 is 0 Å². The molecule has 1 atom stereocenters. The summed E-state index contributed by atoms with van der Waals surface area (Å²) < 4.78 is 18.3. The van der Waals surface area contributed by atoms with Crippen molar-refractivity contribution < 1.29 is 9.13 Å². The molecule has 0 aliphatic rings. The van der Waals surface area contributed by atoms with Crippen molar-refractivity contribution in [3.05, 3.63) is 24.3 Å². The number of hydrogen-bond acceptors (Lipinski definition) is 2. The summed E-state index contributed by atoms with van der Waals surface area (Å²) in [4.78, 5) is 3.50. The molecule has 0 saturated carbocycles. The van der Waals surface area contributed by atoms with Gasteiger partial charge in [-0.3, -0.25) is 0 Å². The van der Waals surface area contributed by atoms with Crippen LogP contribution < -0.4 is 4.74 Å². The molecule has 0 N–H and O–H groups in total. The van der Waals surface area contributed by atoms with Crippen LogP contribution in [-0.2, 0) is 0 Å². The molecule has 0 saturated heterocycles. The molecular weight excluding hydrogens is 169 g/mol. The lowest BCUT2D eigenvalue weighted by atomic mass is 10.2. The molecule has 0 aromatic carbocycles. The average Bonchev–Trinajstić information content (AvgIpc) is 2.09. The molecule has 0 fully saturated rings. The fourth-order valence-electron chi connectivity index (χ4n) is 1.14. The van der Waals surface area contributed by atoms with E-state index in [1.807, 2.05) is 6.92 Å². The van der Waals surface area contributed by atoms with E-state index in [-0.39, 0.29) is 11.9 Å². The van der Waals surface area contributed by atoms with Crippen molar-refractivity contribution in [2.45, 2.75) is 32.8 Å². The van der Waals surface area contributed by atoms with E-state index in [1.165, 1.54) is 6.20 Å². The quantitative estimate of drug-likeness (QED) is 0.669. The van der Waals surface area contributed by atoms with Gasteiger partial charge in [0, 0.05) is 6.20 Å². The molecular formula is C10H14FNO. The number of hydrogen-bond donors (Lipinski definition) is 0. The number of ether oxygens (including phenoxy) is 1. The van der Waals surface area contributed by atoms with Crippen LogP contribution in [-0.4, -0.2) is 11.1 Å². The van der Waals surface area contributed by atoms with Gasteiger partial charge in [0.15, 0.2) is 5.75 Å². The summed E-state index contributed by atoms with van der Waals surface area (Å²) >= 11 is 0. The van der Waals surface area contributed by atoms with Gasteiger partial charge in [-0.15, -0.1) is 0 Å². The van der Waals surface area contributed by atoms with E-state index in [0.717, 1.165) is 12.8 Å². The van der Waals surface area contributed by atoms with Crippen molar-refractivity contribution in [2.24, 2.45) is 0 Å². The van der Waals surface area contributed by atoms with Crippen LogP contribution in [0.1, 0.15) is 26.7 Å². The standard InChI is InChI=1S/C10H14FNO/c1-3-5-8(2)13-9-6-4-7-12-10(9)11/h4,6-8H,3,5H2,1-2H3. The second kappa shape index (κ2) is 4.80. The number of halogens is 1.